The van der Waals surface area contributed by atoms with Gasteiger partial charge in [-0.2, -0.15) is 0 Å². The second-order valence-electron chi connectivity index (χ2n) is 7.73. The van der Waals surface area contributed by atoms with Gasteiger partial charge in [0.05, 0.1) is 11.3 Å². The molecular weight excluding hydrogens is 402 g/mol. The molecule has 1 heterocycles. The molecule has 0 saturated heterocycles. The van der Waals surface area contributed by atoms with Crippen LogP contribution in [0, 0.1) is 13.8 Å². The number of rotatable bonds is 5. The second-order valence-corrected chi connectivity index (χ2v) is 7.73. The van der Waals surface area contributed by atoms with Gasteiger partial charge in [0, 0.05) is 18.3 Å². The monoisotopic (exact) mass is 425 g/mol. The largest absolute Gasteiger partial charge is 0.350 e. The van der Waals surface area contributed by atoms with Crippen molar-refractivity contribution >= 4 is 40.4 Å². The Morgan fingerprint density at radius 1 is 0.812 bits per heavy atom. The Morgan fingerprint density at radius 3 is 2.09 bits per heavy atom. The van der Waals surface area contributed by atoms with E-state index in [2.05, 4.69) is 10.6 Å². The van der Waals surface area contributed by atoms with Gasteiger partial charge in [-0.15, -0.1) is 0 Å². The van der Waals surface area contributed by atoms with Crippen LogP contribution in [0.4, 0.5) is 17.1 Å². The van der Waals surface area contributed by atoms with Crippen LogP contribution in [0.5, 0.6) is 0 Å². The first-order valence-corrected chi connectivity index (χ1v) is 10.3. The molecule has 0 fully saturated rings. The summed E-state index contributed by atoms with van der Waals surface area (Å²) in [5.41, 5.74) is 5.05. The molecule has 0 atom stereocenters. The number of nitrogens with zero attached hydrogens (tertiary/aromatic N) is 1. The van der Waals surface area contributed by atoms with Crippen molar-refractivity contribution in [2.24, 2.45) is 0 Å². The Labute approximate surface area is 186 Å². The number of hydrogen-bond acceptors (Lipinski definition) is 4. The van der Waals surface area contributed by atoms with Crippen molar-refractivity contribution in [1.82, 2.24) is 0 Å². The number of amides is 3. The van der Waals surface area contributed by atoms with Crippen LogP contribution in [0.3, 0.4) is 0 Å². The summed E-state index contributed by atoms with van der Waals surface area (Å²) in [4.78, 5) is 39.4. The predicted molar refractivity (Wildman–Crippen MR) is 126 cm³/mol. The van der Waals surface area contributed by atoms with E-state index in [1.54, 1.807) is 48.5 Å². The van der Waals surface area contributed by atoms with Gasteiger partial charge in [0.2, 0.25) is 5.91 Å². The number of aryl methyl sites for hydroxylation is 2. The first-order chi connectivity index (χ1) is 15.3. The number of carbonyl (C=O) groups is 3. The minimum Gasteiger partial charge on any atom is -0.350 e. The zero-order valence-electron chi connectivity index (χ0n) is 18.1. The van der Waals surface area contributed by atoms with Crippen LogP contribution in [-0.2, 0) is 14.4 Å². The van der Waals surface area contributed by atoms with E-state index in [1.165, 1.54) is 11.8 Å². The Balaban J connectivity index is 1.78. The molecule has 2 N–H and O–H groups in total. The highest BCUT2D eigenvalue weighted by atomic mass is 16.2. The summed E-state index contributed by atoms with van der Waals surface area (Å²) < 4.78 is 0. The SMILES string of the molecule is CC(=O)Nc1ccc(NC2=C(c3ccc(C)cc3C)C(=O)N(c3ccccc3)C2=O)cc1. The zero-order chi connectivity index (χ0) is 22.8. The number of anilines is 3. The highest BCUT2D eigenvalue weighted by Crippen LogP contribution is 2.35. The summed E-state index contributed by atoms with van der Waals surface area (Å²) in [6.07, 6.45) is 0. The molecule has 1 aliphatic heterocycles. The van der Waals surface area contributed by atoms with E-state index >= 15 is 0 Å². The van der Waals surface area contributed by atoms with E-state index in [4.69, 9.17) is 0 Å². The number of carbonyl (C=O) groups excluding carboxylic acids is 3. The zero-order valence-corrected chi connectivity index (χ0v) is 18.1. The van der Waals surface area contributed by atoms with Gasteiger partial charge in [0.1, 0.15) is 5.70 Å². The lowest BCUT2D eigenvalue weighted by Gasteiger charge is -2.15. The molecule has 4 rings (SSSR count). The van der Waals surface area contributed by atoms with Crippen molar-refractivity contribution in [2.75, 3.05) is 15.5 Å². The van der Waals surface area contributed by atoms with Crippen molar-refractivity contribution in [2.45, 2.75) is 20.8 Å². The molecule has 3 aromatic rings. The molecule has 3 amide bonds. The molecular formula is C26H23N3O3. The minimum absolute atomic E-state index is 0.166. The van der Waals surface area contributed by atoms with E-state index in [0.29, 0.717) is 28.2 Å². The van der Waals surface area contributed by atoms with Crippen LogP contribution in [-0.4, -0.2) is 17.7 Å². The molecule has 0 unspecified atom stereocenters. The number of hydrogen-bond donors (Lipinski definition) is 2. The Hall–Kier alpha value is -4.19. The van der Waals surface area contributed by atoms with E-state index in [9.17, 15) is 14.4 Å². The summed E-state index contributed by atoms with van der Waals surface area (Å²) in [7, 11) is 0. The van der Waals surface area contributed by atoms with E-state index < -0.39 is 5.91 Å². The van der Waals surface area contributed by atoms with Gasteiger partial charge < -0.3 is 10.6 Å². The number of para-hydroxylation sites is 1. The van der Waals surface area contributed by atoms with Gasteiger partial charge >= 0.3 is 0 Å². The van der Waals surface area contributed by atoms with Crippen molar-refractivity contribution in [3.8, 4) is 0 Å². The highest BCUT2D eigenvalue weighted by Gasteiger charge is 2.40. The Bertz CT molecular complexity index is 1250. The molecule has 0 aromatic heterocycles. The van der Waals surface area contributed by atoms with Crippen LogP contribution in [0.15, 0.2) is 78.5 Å². The molecule has 0 spiro atoms. The maximum atomic E-state index is 13.5. The highest BCUT2D eigenvalue weighted by molar-refractivity contribution is 6.46. The minimum atomic E-state index is -0.415. The van der Waals surface area contributed by atoms with Gasteiger partial charge in [-0.05, 0) is 61.4 Å². The normalized spacial score (nSPS) is 13.5. The van der Waals surface area contributed by atoms with Gasteiger partial charge in [-0.1, -0.05) is 42.0 Å². The molecule has 0 bridgehead atoms. The number of imide groups is 1. The van der Waals surface area contributed by atoms with Crippen molar-refractivity contribution in [1.29, 1.82) is 0 Å². The summed E-state index contributed by atoms with van der Waals surface area (Å²) in [5.74, 6) is -0.951. The molecule has 3 aromatic carbocycles. The third-order valence-electron chi connectivity index (χ3n) is 5.22. The fourth-order valence-corrected chi connectivity index (χ4v) is 3.79. The fraction of sp³-hybridized carbons (Fsp3) is 0.115. The lowest BCUT2D eigenvalue weighted by atomic mass is 9.97. The quantitative estimate of drug-likeness (QED) is 0.583. The van der Waals surface area contributed by atoms with Crippen LogP contribution in [0.2, 0.25) is 0 Å². The van der Waals surface area contributed by atoms with E-state index in [1.807, 2.05) is 38.1 Å². The van der Waals surface area contributed by atoms with Crippen LogP contribution in [0.1, 0.15) is 23.6 Å². The molecule has 0 aliphatic carbocycles. The predicted octanol–water partition coefficient (Wildman–Crippen LogP) is 4.66. The molecule has 1 aliphatic rings. The topological polar surface area (TPSA) is 78.5 Å². The van der Waals surface area contributed by atoms with Crippen molar-refractivity contribution in [3.05, 3.63) is 95.2 Å². The molecule has 6 nitrogen and oxygen atoms in total. The third kappa shape index (κ3) is 4.03. The van der Waals surface area contributed by atoms with Crippen LogP contribution >= 0.6 is 0 Å². The second kappa shape index (κ2) is 8.51. The van der Waals surface area contributed by atoms with Crippen molar-refractivity contribution < 1.29 is 14.4 Å². The van der Waals surface area contributed by atoms with Gasteiger partial charge in [0.15, 0.2) is 0 Å². The summed E-state index contributed by atoms with van der Waals surface area (Å²) in [5, 5.41) is 5.86. The van der Waals surface area contributed by atoms with Crippen LogP contribution < -0.4 is 15.5 Å². The maximum Gasteiger partial charge on any atom is 0.282 e. The van der Waals surface area contributed by atoms with E-state index in [0.717, 1.165) is 11.1 Å². The first kappa shape index (κ1) is 21.1. The Kier molecular flexibility index (Phi) is 5.60. The fourth-order valence-electron chi connectivity index (χ4n) is 3.79. The molecule has 160 valence electrons. The number of benzene rings is 3. The van der Waals surface area contributed by atoms with Crippen LogP contribution in [0.25, 0.3) is 5.57 Å². The lowest BCUT2D eigenvalue weighted by molar-refractivity contribution is -0.120. The maximum absolute atomic E-state index is 13.5. The van der Waals surface area contributed by atoms with Gasteiger partial charge in [-0.25, -0.2) is 4.90 Å². The summed E-state index contributed by atoms with van der Waals surface area (Å²) in [6, 6.07) is 21.7. The molecule has 0 radical (unpaired) electrons. The molecule has 32 heavy (non-hydrogen) atoms. The molecule has 0 saturated carbocycles. The van der Waals surface area contributed by atoms with Gasteiger partial charge in [-0.3, -0.25) is 14.4 Å². The molecule has 6 heteroatoms. The standard InChI is InChI=1S/C26H23N3O3/c1-16-9-14-22(17(2)15-16)23-24(28-20-12-10-19(11-13-20)27-18(3)30)26(32)29(25(23)31)21-7-5-4-6-8-21/h4-15,28H,1-3H3,(H,27,30). The summed E-state index contributed by atoms with van der Waals surface area (Å²) in [6.45, 7) is 5.35. The Morgan fingerprint density at radius 2 is 1.47 bits per heavy atom. The average molecular weight is 425 g/mol. The summed E-state index contributed by atoms with van der Waals surface area (Å²) >= 11 is 0. The smallest absolute Gasteiger partial charge is 0.282 e. The first-order valence-electron chi connectivity index (χ1n) is 10.3. The average Bonchev–Trinajstić information content (AvgIpc) is 2.99. The third-order valence-corrected chi connectivity index (χ3v) is 5.22. The van der Waals surface area contributed by atoms with Crippen molar-refractivity contribution in [3.63, 3.8) is 0 Å². The number of nitrogens with one attached hydrogen (secondary N) is 2. The van der Waals surface area contributed by atoms with Gasteiger partial charge in [0.25, 0.3) is 11.8 Å². The van der Waals surface area contributed by atoms with E-state index in [-0.39, 0.29) is 17.5 Å². The lowest BCUT2D eigenvalue weighted by Crippen LogP contribution is -2.32.